The predicted molar refractivity (Wildman–Crippen MR) is 57.9 cm³/mol. The van der Waals surface area contributed by atoms with Gasteiger partial charge in [-0.1, -0.05) is 12.1 Å². The molecule has 2 heteroatoms. The van der Waals surface area contributed by atoms with Gasteiger partial charge in [-0.25, -0.2) is 0 Å². The molecule has 0 aliphatic carbocycles. The zero-order chi connectivity index (χ0) is 10.2. The quantitative estimate of drug-likeness (QED) is 0.632. The molecule has 0 unspecified atom stereocenters. The molecular formula is C12H14N2. The van der Waals surface area contributed by atoms with Crippen molar-refractivity contribution in [1.82, 2.24) is 9.97 Å². The van der Waals surface area contributed by atoms with Gasteiger partial charge in [-0.2, -0.15) is 0 Å². The van der Waals surface area contributed by atoms with Gasteiger partial charge in [0.1, 0.15) is 0 Å². The number of aromatic nitrogens is 2. The van der Waals surface area contributed by atoms with Crippen molar-refractivity contribution in [1.29, 1.82) is 0 Å². The summed E-state index contributed by atoms with van der Waals surface area (Å²) in [6, 6.07) is 11.7. The second-order valence-electron chi connectivity index (χ2n) is 2.94. The van der Waals surface area contributed by atoms with Gasteiger partial charge in [0.2, 0.25) is 0 Å². The molecule has 0 fully saturated rings. The lowest BCUT2D eigenvalue weighted by atomic mass is 10.3. The normalized spacial score (nSPS) is 8.71. The second-order valence-corrected chi connectivity index (χ2v) is 2.94. The lowest BCUT2D eigenvalue weighted by molar-refractivity contribution is 1.12. The van der Waals surface area contributed by atoms with Crippen LogP contribution in [0.25, 0.3) is 0 Å². The molecule has 0 spiro atoms. The summed E-state index contributed by atoms with van der Waals surface area (Å²) in [4.78, 5) is 7.96. The Labute approximate surface area is 84.7 Å². The molecule has 0 aliphatic rings. The third-order valence-corrected chi connectivity index (χ3v) is 1.59. The van der Waals surface area contributed by atoms with E-state index in [0.717, 1.165) is 11.4 Å². The van der Waals surface area contributed by atoms with Gasteiger partial charge in [-0.05, 0) is 38.1 Å². The Balaban J connectivity index is 0.000000146. The number of hydrogen-bond acceptors (Lipinski definition) is 2. The minimum atomic E-state index is 1.09. The molecule has 0 aromatic carbocycles. The topological polar surface area (TPSA) is 25.8 Å². The van der Waals surface area contributed by atoms with Crippen LogP contribution in [-0.4, -0.2) is 9.97 Å². The van der Waals surface area contributed by atoms with E-state index in [1.54, 1.807) is 12.4 Å². The van der Waals surface area contributed by atoms with Crippen molar-refractivity contribution >= 4 is 0 Å². The first-order valence-electron chi connectivity index (χ1n) is 4.54. The first-order valence-corrected chi connectivity index (χ1v) is 4.54. The third-order valence-electron chi connectivity index (χ3n) is 1.59. The predicted octanol–water partition coefficient (Wildman–Crippen LogP) is 2.78. The van der Waals surface area contributed by atoms with E-state index in [1.807, 2.05) is 50.2 Å². The first kappa shape index (κ1) is 10.4. The van der Waals surface area contributed by atoms with Gasteiger partial charge in [0.05, 0.1) is 0 Å². The maximum atomic E-state index is 4.17. The van der Waals surface area contributed by atoms with Crippen LogP contribution in [0, 0.1) is 13.8 Å². The summed E-state index contributed by atoms with van der Waals surface area (Å²) in [6.07, 6.45) is 3.50. The Hall–Kier alpha value is -1.70. The molecule has 2 heterocycles. The number of aryl methyl sites for hydroxylation is 2. The summed E-state index contributed by atoms with van der Waals surface area (Å²) in [5.74, 6) is 0. The number of pyridine rings is 2. The summed E-state index contributed by atoms with van der Waals surface area (Å²) < 4.78 is 0. The number of rotatable bonds is 0. The molecule has 14 heavy (non-hydrogen) atoms. The van der Waals surface area contributed by atoms with Crippen LogP contribution in [0.3, 0.4) is 0 Å². The van der Waals surface area contributed by atoms with Crippen molar-refractivity contribution in [3.63, 3.8) is 0 Å². The molecule has 2 nitrogen and oxygen atoms in total. The minimum Gasteiger partial charge on any atom is -0.265 e. The highest BCUT2D eigenvalue weighted by atomic mass is 14.7. The maximum absolute atomic E-state index is 4.17. The Morgan fingerprint density at radius 3 is 1.57 bits per heavy atom. The SMILES string of the molecule is Cc1cccc(C)n1.c1ccncc1. The van der Waals surface area contributed by atoms with E-state index < -0.39 is 0 Å². The van der Waals surface area contributed by atoms with Crippen LogP contribution in [0.5, 0.6) is 0 Å². The zero-order valence-electron chi connectivity index (χ0n) is 8.51. The Morgan fingerprint density at radius 2 is 1.36 bits per heavy atom. The van der Waals surface area contributed by atoms with Crippen molar-refractivity contribution < 1.29 is 0 Å². The summed E-state index contributed by atoms with van der Waals surface area (Å²) in [6.45, 7) is 3.99. The van der Waals surface area contributed by atoms with Crippen LogP contribution >= 0.6 is 0 Å². The first-order chi connectivity index (χ1) is 6.79. The van der Waals surface area contributed by atoms with Crippen LogP contribution in [0.4, 0.5) is 0 Å². The second kappa shape index (κ2) is 5.86. The fourth-order valence-electron chi connectivity index (χ4n) is 0.992. The van der Waals surface area contributed by atoms with Crippen LogP contribution in [0.1, 0.15) is 11.4 Å². The van der Waals surface area contributed by atoms with E-state index in [-0.39, 0.29) is 0 Å². The molecule has 0 amide bonds. The highest BCUT2D eigenvalue weighted by molar-refractivity contribution is 5.07. The van der Waals surface area contributed by atoms with Gasteiger partial charge in [-0.3, -0.25) is 9.97 Å². The maximum Gasteiger partial charge on any atom is 0.0375 e. The summed E-state index contributed by atoms with van der Waals surface area (Å²) in [5.41, 5.74) is 2.18. The summed E-state index contributed by atoms with van der Waals surface area (Å²) >= 11 is 0. The van der Waals surface area contributed by atoms with Gasteiger partial charge in [0.15, 0.2) is 0 Å². The van der Waals surface area contributed by atoms with Crippen molar-refractivity contribution in [2.45, 2.75) is 13.8 Å². The molecule has 0 saturated heterocycles. The average molecular weight is 186 g/mol. The van der Waals surface area contributed by atoms with Crippen LogP contribution < -0.4 is 0 Å². The Bertz CT molecular complexity index is 314. The Morgan fingerprint density at radius 1 is 0.786 bits per heavy atom. The van der Waals surface area contributed by atoms with Gasteiger partial charge in [-0.15, -0.1) is 0 Å². The number of nitrogens with zero attached hydrogens (tertiary/aromatic N) is 2. The lowest BCUT2D eigenvalue weighted by Crippen LogP contribution is -1.81. The smallest absolute Gasteiger partial charge is 0.0375 e. The van der Waals surface area contributed by atoms with Gasteiger partial charge < -0.3 is 0 Å². The summed E-state index contributed by atoms with van der Waals surface area (Å²) in [7, 11) is 0. The van der Waals surface area contributed by atoms with E-state index in [0.29, 0.717) is 0 Å². The summed E-state index contributed by atoms with van der Waals surface area (Å²) in [5, 5.41) is 0. The van der Waals surface area contributed by atoms with Crippen LogP contribution in [0.2, 0.25) is 0 Å². The number of hydrogen-bond donors (Lipinski definition) is 0. The fraction of sp³-hybridized carbons (Fsp3) is 0.167. The molecule has 2 rings (SSSR count). The zero-order valence-corrected chi connectivity index (χ0v) is 8.51. The Kier molecular flexibility index (Phi) is 4.35. The van der Waals surface area contributed by atoms with Crippen molar-refractivity contribution in [2.24, 2.45) is 0 Å². The molecule has 2 aromatic heterocycles. The van der Waals surface area contributed by atoms with E-state index >= 15 is 0 Å². The largest absolute Gasteiger partial charge is 0.265 e. The van der Waals surface area contributed by atoms with Gasteiger partial charge in [0.25, 0.3) is 0 Å². The van der Waals surface area contributed by atoms with Crippen LogP contribution in [0.15, 0.2) is 48.8 Å². The monoisotopic (exact) mass is 186 g/mol. The van der Waals surface area contributed by atoms with Gasteiger partial charge in [0, 0.05) is 23.8 Å². The van der Waals surface area contributed by atoms with E-state index in [1.165, 1.54) is 0 Å². The molecule has 0 bridgehead atoms. The van der Waals surface area contributed by atoms with Crippen molar-refractivity contribution in [3.8, 4) is 0 Å². The minimum absolute atomic E-state index is 1.09. The fourth-order valence-corrected chi connectivity index (χ4v) is 0.992. The van der Waals surface area contributed by atoms with Crippen molar-refractivity contribution in [2.75, 3.05) is 0 Å². The molecule has 72 valence electrons. The molecule has 0 saturated carbocycles. The van der Waals surface area contributed by atoms with E-state index in [2.05, 4.69) is 9.97 Å². The highest BCUT2D eigenvalue weighted by Gasteiger charge is 1.82. The van der Waals surface area contributed by atoms with Crippen molar-refractivity contribution in [3.05, 3.63) is 60.2 Å². The van der Waals surface area contributed by atoms with Crippen LogP contribution in [-0.2, 0) is 0 Å². The van der Waals surface area contributed by atoms with E-state index in [4.69, 9.17) is 0 Å². The lowest BCUT2D eigenvalue weighted by Gasteiger charge is -1.90. The highest BCUT2D eigenvalue weighted by Crippen LogP contribution is 1.93. The molecule has 0 N–H and O–H groups in total. The van der Waals surface area contributed by atoms with Gasteiger partial charge >= 0.3 is 0 Å². The standard InChI is InChI=1S/C7H9N.C5H5N/c1-6-4-3-5-7(2)8-6;1-2-4-6-5-3-1/h3-5H,1-2H3;1-5H. The molecule has 2 aromatic rings. The molecule has 0 radical (unpaired) electrons. The molecule has 0 aliphatic heterocycles. The molecular weight excluding hydrogens is 172 g/mol. The average Bonchev–Trinajstić information content (AvgIpc) is 2.21. The van der Waals surface area contributed by atoms with E-state index in [9.17, 15) is 0 Å². The third kappa shape index (κ3) is 4.36. The molecule has 0 atom stereocenters.